The Hall–Kier alpha value is -1.46. The Labute approximate surface area is 134 Å². The molecular weight excluding hydrogens is 311 g/mol. The van der Waals surface area contributed by atoms with E-state index in [1.165, 1.54) is 0 Å². The van der Waals surface area contributed by atoms with E-state index in [2.05, 4.69) is 10.3 Å². The molecule has 7 heteroatoms. The van der Waals surface area contributed by atoms with Crippen LogP contribution in [0.5, 0.6) is 0 Å². The third-order valence-corrected chi connectivity index (χ3v) is 3.67. The number of nitrogens with two attached hydrogens (primary N) is 2. The van der Waals surface area contributed by atoms with Crippen LogP contribution in [0, 0.1) is 5.41 Å². The van der Waals surface area contributed by atoms with Crippen molar-refractivity contribution in [2.24, 2.45) is 21.9 Å². The number of benzene rings is 1. The molecule has 1 aromatic carbocycles. The van der Waals surface area contributed by atoms with Gasteiger partial charge in [0.25, 0.3) is 0 Å². The zero-order valence-corrected chi connectivity index (χ0v) is 13.8. The van der Waals surface area contributed by atoms with E-state index in [1.807, 2.05) is 13.0 Å². The Morgan fingerprint density at radius 1 is 1.38 bits per heavy atom. The molecule has 0 aliphatic heterocycles. The summed E-state index contributed by atoms with van der Waals surface area (Å²) in [5.74, 6) is -0.198. The maximum atomic E-state index is 11.2. The van der Waals surface area contributed by atoms with E-state index in [0.29, 0.717) is 10.0 Å². The summed E-state index contributed by atoms with van der Waals surface area (Å²) in [5, 5.41) is 4.14. The Morgan fingerprint density at radius 3 is 2.52 bits per heavy atom. The SMILES string of the molecule is CC(NC(N)=NCC(C)(C)C(N)=O)c1ccc(Cl)cc1Cl. The number of hydrogen-bond donors (Lipinski definition) is 3. The van der Waals surface area contributed by atoms with Crippen LogP contribution >= 0.6 is 23.2 Å². The van der Waals surface area contributed by atoms with Gasteiger partial charge in [0.15, 0.2) is 5.96 Å². The molecular formula is C14H20Cl2N4O. The predicted molar refractivity (Wildman–Crippen MR) is 87.5 cm³/mol. The lowest BCUT2D eigenvalue weighted by Crippen LogP contribution is -2.38. The van der Waals surface area contributed by atoms with Gasteiger partial charge in [-0.05, 0) is 38.5 Å². The third kappa shape index (κ3) is 5.10. The van der Waals surface area contributed by atoms with E-state index in [4.69, 9.17) is 34.7 Å². The number of hydrogen-bond acceptors (Lipinski definition) is 2. The minimum atomic E-state index is -0.743. The van der Waals surface area contributed by atoms with Crippen molar-refractivity contribution in [3.63, 3.8) is 0 Å². The van der Waals surface area contributed by atoms with Gasteiger partial charge < -0.3 is 16.8 Å². The molecule has 0 radical (unpaired) electrons. The number of carbonyl (C=O) groups excluding carboxylic acids is 1. The fourth-order valence-electron chi connectivity index (χ4n) is 1.56. The van der Waals surface area contributed by atoms with Gasteiger partial charge in [-0.15, -0.1) is 0 Å². The largest absolute Gasteiger partial charge is 0.370 e. The topological polar surface area (TPSA) is 93.5 Å². The van der Waals surface area contributed by atoms with Gasteiger partial charge in [0.2, 0.25) is 5.91 Å². The average Bonchev–Trinajstić information content (AvgIpc) is 2.36. The summed E-state index contributed by atoms with van der Waals surface area (Å²) in [6.07, 6.45) is 0. The normalized spacial score (nSPS) is 13.9. The molecule has 1 aromatic rings. The van der Waals surface area contributed by atoms with E-state index in [-0.39, 0.29) is 18.5 Å². The molecule has 0 spiro atoms. The van der Waals surface area contributed by atoms with E-state index >= 15 is 0 Å². The van der Waals surface area contributed by atoms with Gasteiger partial charge in [-0.2, -0.15) is 0 Å². The molecule has 0 saturated carbocycles. The molecule has 1 rings (SSSR count). The van der Waals surface area contributed by atoms with E-state index in [9.17, 15) is 4.79 Å². The molecule has 0 aliphatic carbocycles. The number of aliphatic imine (C=N–C) groups is 1. The molecule has 5 nitrogen and oxygen atoms in total. The number of amides is 1. The maximum Gasteiger partial charge on any atom is 0.224 e. The Morgan fingerprint density at radius 2 is 2.00 bits per heavy atom. The number of guanidine groups is 1. The number of primary amides is 1. The lowest BCUT2D eigenvalue weighted by molar-refractivity contribution is -0.125. The Balaban J connectivity index is 2.74. The summed E-state index contributed by atoms with van der Waals surface area (Å²) in [6.45, 7) is 5.54. The van der Waals surface area contributed by atoms with Crippen molar-refractivity contribution in [2.45, 2.75) is 26.8 Å². The minimum absolute atomic E-state index is 0.143. The highest BCUT2D eigenvalue weighted by Gasteiger charge is 2.24. The van der Waals surface area contributed by atoms with Crippen LogP contribution in [0.25, 0.3) is 0 Å². The summed E-state index contributed by atoms with van der Waals surface area (Å²) in [4.78, 5) is 15.4. The Bertz CT molecular complexity index is 558. The van der Waals surface area contributed by atoms with Crippen molar-refractivity contribution < 1.29 is 4.79 Å². The highest BCUT2D eigenvalue weighted by Crippen LogP contribution is 2.26. The van der Waals surface area contributed by atoms with Gasteiger partial charge in [0.1, 0.15) is 0 Å². The van der Waals surface area contributed by atoms with Crippen LogP contribution in [0.4, 0.5) is 0 Å². The molecule has 116 valence electrons. The highest BCUT2D eigenvalue weighted by molar-refractivity contribution is 6.35. The summed E-state index contributed by atoms with van der Waals surface area (Å²) >= 11 is 12.0. The van der Waals surface area contributed by atoms with Gasteiger partial charge in [-0.3, -0.25) is 9.79 Å². The number of carbonyl (C=O) groups is 1. The van der Waals surface area contributed by atoms with Crippen LogP contribution in [0.3, 0.4) is 0 Å². The van der Waals surface area contributed by atoms with Crippen molar-refractivity contribution in [2.75, 3.05) is 6.54 Å². The van der Waals surface area contributed by atoms with Crippen LogP contribution in [0.2, 0.25) is 10.0 Å². The molecule has 0 fully saturated rings. The molecule has 0 aliphatic rings. The fourth-order valence-corrected chi connectivity index (χ4v) is 2.13. The van der Waals surface area contributed by atoms with Crippen LogP contribution in [0.1, 0.15) is 32.4 Å². The summed E-state index contributed by atoms with van der Waals surface area (Å²) < 4.78 is 0. The van der Waals surface area contributed by atoms with Crippen LogP contribution in [-0.2, 0) is 4.79 Å². The minimum Gasteiger partial charge on any atom is -0.370 e. The smallest absolute Gasteiger partial charge is 0.224 e. The van der Waals surface area contributed by atoms with E-state index in [1.54, 1.807) is 26.0 Å². The number of nitrogens with zero attached hydrogens (tertiary/aromatic N) is 1. The lowest BCUT2D eigenvalue weighted by atomic mass is 9.93. The van der Waals surface area contributed by atoms with Crippen molar-refractivity contribution >= 4 is 35.1 Å². The monoisotopic (exact) mass is 330 g/mol. The summed E-state index contributed by atoms with van der Waals surface area (Å²) in [5.41, 5.74) is 11.2. The highest BCUT2D eigenvalue weighted by atomic mass is 35.5. The second-order valence-corrected chi connectivity index (χ2v) is 6.33. The van der Waals surface area contributed by atoms with Gasteiger partial charge >= 0.3 is 0 Å². The molecule has 1 unspecified atom stereocenters. The standard InChI is InChI=1S/C14H20Cl2N4O/c1-8(10-5-4-9(15)6-11(10)16)20-13(18)19-7-14(2,3)12(17)21/h4-6,8H,7H2,1-3H3,(H2,17,21)(H3,18,19,20). The number of rotatable bonds is 5. The van der Waals surface area contributed by atoms with Gasteiger partial charge in [0.05, 0.1) is 18.0 Å². The van der Waals surface area contributed by atoms with Crippen molar-refractivity contribution in [1.29, 1.82) is 0 Å². The average molecular weight is 331 g/mol. The van der Waals surface area contributed by atoms with Crippen LogP contribution < -0.4 is 16.8 Å². The first-order valence-electron chi connectivity index (χ1n) is 6.45. The van der Waals surface area contributed by atoms with Gasteiger partial charge in [-0.1, -0.05) is 29.3 Å². The van der Waals surface area contributed by atoms with Crippen LogP contribution in [-0.4, -0.2) is 18.4 Å². The number of nitrogens with one attached hydrogen (secondary N) is 1. The first kappa shape index (κ1) is 17.6. The van der Waals surface area contributed by atoms with Crippen LogP contribution in [0.15, 0.2) is 23.2 Å². The molecule has 0 aromatic heterocycles. The quantitative estimate of drug-likeness (QED) is 0.571. The summed E-state index contributed by atoms with van der Waals surface area (Å²) in [6, 6.07) is 5.10. The fraction of sp³-hybridized carbons (Fsp3) is 0.429. The number of halogens is 2. The van der Waals surface area contributed by atoms with E-state index in [0.717, 1.165) is 5.56 Å². The Kier molecular flexibility index (Phi) is 5.87. The maximum absolute atomic E-state index is 11.2. The molecule has 0 saturated heterocycles. The molecule has 5 N–H and O–H groups in total. The molecule has 0 bridgehead atoms. The molecule has 1 atom stereocenters. The summed E-state index contributed by atoms with van der Waals surface area (Å²) in [7, 11) is 0. The van der Waals surface area contributed by atoms with Crippen molar-refractivity contribution in [1.82, 2.24) is 5.32 Å². The van der Waals surface area contributed by atoms with E-state index < -0.39 is 11.3 Å². The molecule has 1 amide bonds. The van der Waals surface area contributed by atoms with Gasteiger partial charge in [0, 0.05) is 10.0 Å². The molecule has 21 heavy (non-hydrogen) atoms. The zero-order valence-electron chi connectivity index (χ0n) is 12.3. The molecule has 0 heterocycles. The third-order valence-electron chi connectivity index (χ3n) is 3.11. The zero-order chi connectivity index (χ0) is 16.2. The van der Waals surface area contributed by atoms with Crippen molar-refractivity contribution in [3.05, 3.63) is 33.8 Å². The lowest BCUT2D eigenvalue weighted by Gasteiger charge is -2.20. The second kappa shape index (κ2) is 7.00. The second-order valence-electron chi connectivity index (χ2n) is 5.48. The first-order chi connectivity index (χ1) is 9.63. The first-order valence-corrected chi connectivity index (χ1v) is 7.20. The predicted octanol–water partition coefficient (Wildman–Crippen LogP) is 2.47. The van der Waals surface area contributed by atoms with Crippen molar-refractivity contribution in [3.8, 4) is 0 Å². The van der Waals surface area contributed by atoms with Gasteiger partial charge in [-0.25, -0.2) is 0 Å².